The Morgan fingerprint density at radius 1 is 1.31 bits per heavy atom. The molecule has 0 N–H and O–H groups in total. The zero-order valence-corrected chi connectivity index (χ0v) is 11.3. The molecule has 1 aliphatic heterocycles. The van der Waals surface area contributed by atoms with Crippen molar-refractivity contribution >= 4 is 5.84 Å². The summed E-state index contributed by atoms with van der Waals surface area (Å²) < 4.78 is 0. The lowest BCUT2D eigenvalue weighted by molar-refractivity contribution is 0.331. The fourth-order valence-corrected chi connectivity index (χ4v) is 3.19. The van der Waals surface area contributed by atoms with E-state index in [4.69, 9.17) is 0 Å². The van der Waals surface area contributed by atoms with Crippen molar-refractivity contribution in [3.8, 4) is 0 Å². The summed E-state index contributed by atoms with van der Waals surface area (Å²) in [4.78, 5) is 6.95. The van der Waals surface area contributed by atoms with E-state index in [1.165, 1.54) is 25.1 Å². The molecule has 2 aliphatic rings. The average Bonchev–Trinajstić information content (AvgIpc) is 2.57. The van der Waals surface area contributed by atoms with Crippen LogP contribution in [0, 0.1) is 5.41 Å². The number of nitrogens with zero attached hydrogens (tertiary/aromatic N) is 2. The van der Waals surface area contributed by atoms with Gasteiger partial charge in [0, 0.05) is 25.2 Å². The second kappa shape index (κ2) is 3.90. The molecule has 0 atom stereocenters. The van der Waals surface area contributed by atoms with E-state index in [-0.39, 0.29) is 0 Å². The summed E-state index contributed by atoms with van der Waals surface area (Å²) in [7, 11) is 1.93. The van der Waals surface area contributed by atoms with Crippen molar-refractivity contribution in [2.24, 2.45) is 10.4 Å². The molecule has 90 valence electrons. The maximum atomic E-state index is 4.48. The smallest absolute Gasteiger partial charge is 0.107 e. The van der Waals surface area contributed by atoms with Gasteiger partial charge in [-0.15, -0.1) is 0 Å². The largest absolute Gasteiger partial charge is 0.331 e. The molecule has 0 saturated carbocycles. The van der Waals surface area contributed by atoms with E-state index in [0.29, 0.717) is 11.5 Å². The number of amidine groups is 1. The van der Waals surface area contributed by atoms with Gasteiger partial charge in [-0.2, -0.15) is 0 Å². The Balaban J connectivity index is 2.42. The summed E-state index contributed by atoms with van der Waals surface area (Å²) in [6.45, 7) is 9.31. The number of hydrogen-bond donors (Lipinski definition) is 0. The van der Waals surface area contributed by atoms with E-state index in [2.05, 4.69) is 37.6 Å². The number of allylic oxidation sites excluding steroid dienone is 1. The first-order valence-electron chi connectivity index (χ1n) is 6.45. The van der Waals surface area contributed by atoms with Gasteiger partial charge in [-0.1, -0.05) is 13.8 Å². The van der Waals surface area contributed by atoms with Crippen molar-refractivity contribution < 1.29 is 0 Å². The highest BCUT2D eigenvalue weighted by atomic mass is 15.2. The Bertz CT molecular complexity index is 348. The molecule has 2 heteroatoms. The van der Waals surface area contributed by atoms with E-state index in [1.807, 2.05) is 7.05 Å². The SMILES string of the molecule is C/N=C1/CC2=C(CCCC2(C)C)N1C(C)C. The Labute approximate surface area is 99.4 Å². The fraction of sp³-hybridized carbons (Fsp3) is 0.786. The molecule has 0 aromatic carbocycles. The zero-order chi connectivity index (χ0) is 11.9. The molecular weight excluding hydrogens is 196 g/mol. The minimum absolute atomic E-state index is 0.382. The lowest BCUT2D eigenvalue weighted by atomic mass is 9.74. The maximum Gasteiger partial charge on any atom is 0.107 e. The van der Waals surface area contributed by atoms with Gasteiger partial charge in [0.2, 0.25) is 0 Å². The summed E-state index contributed by atoms with van der Waals surface area (Å²) in [5, 5.41) is 0. The van der Waals surface area contributed by atoms with Crippen molar-refractivity contribution in [1.82, 2.24) is 4.90 Å². The predicted octanol–water partition coefficient (Wildman–Crippen LogP) is 3.59. The molecule has 0 unspecified atom stereocenters. The first-order chi connectivity index (χ1) is 7.47. The molecule has 16 heavy (non-hydrogen) atoms. The van der Waals surface area contributed by atoms with Gasteiger partial charge in [-0.3, -0.25) is 4.99 Å². The molecular formula is C14H24N2. The van der Waals surface area contributed by atoms with E-state index >= 15 is 0 Å². The van der Waals surface area contributed by atoms with Crippen LogP contribution in [0.15, 0.2) is 16.3 Å². The molecule has 0 fully saturated rings. The van der Waals surface area contributed by atoms with Gasteiger partial charge in [0.25, 0.3) is 0 Å². The Hall–Kier alpha value is -0.790. The van der Waals surface area contributed by atoms with Crippen molar-refractivity contribution in [3.63, 3.8) is 0 Å². The van der Waals surface area contributed by atoms with Crippen LogP contribution in [0.4, 0.5) is 0 Å². The third-order valence-corrected chi connectivity index (χ3v) is 4.06. The summed E-state index contributed by atoms with van der Waals surface area (Å²) in [5.74, 6) is 1.27. The molecule has 2 nitrogen and oxygen atoms in total. The molecule has 1 aliphatic carbocycles. The lowest BCUT2D eigenvalue weighted by Gasteiger charge is -2.34. The van der Waals surface area contributed by atoms with Crippen molar-refractivity contribution in [2.45, 2.75) is 59.4 Å². The quantitative estimate of drug-likeness (QED) is 0.659. The van der Waals surface area contributed by atoms with E-state index in [9.17, 15) is 0 Å². The van der Waals surface area contributed by atoms with Crippen LogP contribution in [0.5, 0.6) is 0 Å². The van der Waals surface area contributed by atoms with Gasteiger partial charge < -0.3 is 4.90 Å². The molecule has 0 radical (unpaired) electrons. The van der Waals surface area contributed by atoms with Gasteiger partial charge in [0.05, 0.1) is 0 Å². The third-order valence-electron chi connectivity index (χ3n) is 4.06. The molecule has 0 amide bonds. The minimum atomic E-state index is 0.382. The average molecular weight is 220 g/mol. The van der Waals surface area contributed by atoms with Crippen LogP contribution in [-0.2, 0) is 0 Å². The number of aliphatic imine (C=N–C) groups is 1. The minimum Gasteiger partial charge on any atom is -0.331 e. The van der Waals surface area contributed by atoms with Gasteiger partial charge in [0.15, 0.2) is 0 Å². The van der Waals surface area contributed by atoms with Gasteiger partial charge >= 0.3 is 0 Å². The van der Waals surface area contributed by atoms with Crippen LogP contribution in [0.2, 0.25) is 0 Å². The summed E-state index contributed by atoms with van der Waals surface area (Å²) in [5.41, 5.74) is 3.60. The molecule has 1 heterocycles. The van der Waals surface area contributed by atoms with E-state index < -0.39 is 0 Å². The second-order valence-electron chi connectivity index (χ2n) is 5.94. The fourth-order valence-electron chi connectivity index (χ4n) is 3.19. The van der Waals surface area contributed by atoms with Crippen LogP contribution >= 0.6 is 0 Å². The third kappa shape index (κ3) is 1.68. The van der Waals surface area contributed by atoms with Crippen molar-refractivity contribution in [1.29, 1.82) is 0 Å². The molecule has 0 aromatic rings. The predicted molar refractivity (Wildman–Crippen MR) is 69.6 cm³/mol. The first-order valence-corrected chi connectivity index (χ1v) is 6.45. The molecule has 2 rings (SSSR count). The topological polar surface area (TPSA) is 15.6 Å². The molecule has 0 aromatic heterocycles. The highest BCUT2D eigenvalue weighted by molar-refractivity contribution is 5.90. The number of rotatable bonds is 1. The second-order valence-corrected chi connectivity index (χ2v) is 5.94. The normalized spacial score (nSPS) is 26.9. The first kappa shape index (κ1) is 11.7. The lowest BCUT2D eigenvalue weighted by Crippen LogP contribution is -2.33. The van der Waals surface area contributed by atoms with Gasteiger partial charge in [-0.25, -0.2) is 0 Å². The summed E-state index contributed by atoms with van der Waals surface area (Å²) >= 11 is 0. The van der Waals surface area contributed by atoms with Crippen LogP contribution in [0.1, 0.15) is 53.4 Å². The van der Waals surface area contributed by atoms with Crippen LogP contribution < -0.4 is 0 Å². The molecule has 0 bridgehead atoms. The van der Waals surface area contributed by atoms with E-state index in [1.54, 1.807) is 11.3 Å². The standard InChI is InChI=1S/C14H24N2/c1-10(2)16-12-7-6-8-14(3,4)11(12)9-13(16)15-5/h10H,6-9H2,1-5H3/b15-13-. The monoisotopic (exact) mass is 220 g/mol. The highest BCUT2D eigenvalue weighted by Crippen LogP contribution is 2.47. The Kier molecular flexibility index (Phi) is 2.85. The summed E-state index contributed by atoms with van der Waals surface area (Å²) in [6.07, 6.45) is 4.98. The van der Waals surface area contributed by atoms with E-state index in [0.717, 1.165) is 6.42 Å². The van der Waals surface area contributed by atoms with Crippen LogP contribution in [0.25, 0.3) is 0 Å². The Morgan fingerprint density at radius 2 is 2.00 bits per heavy atom. The Morgan fingerprint density at radius 3 is 2.56 bits per heavy atom. The summed E-state index contributed by atoms with van der Waals surface area (Å²) in [6, 6.07) is 0.542. The van der Waals surface area contributed by atoms with Gasteiger partial charge in [-0.05, 0) is 44.1 Å². The van der Waals surface area contributed by atoms with Gasteiger partial charge in [0.1, 0.15) is 5.84 Å². The molecule has 0 saturated heterocycles. The maximum absolute atomic E-state index is 4.48. The zero-order valence-electron chi connectivity index (χ0n) is 11.3. The highest BCUT2D eigenvalue weighted by Gasteiger charge is 2.39. The van der Waals surface area contributed by atoms with Crippen LogP contribution in [0.3, 0.4) is 0 Å². The van der Waals surface area contributed by atoms with Crippen LogP contribution in [-0.4, -0.2) is 23.8 Å². The van der Waals surface area contributed by atoms with Crippen molar-refractivity contribution in [2.75, 3.05) is 7.05 Å². The number of hydrogen-bond acceptors (Lipinski definition) is 1. The van der Waals surface area contributed by atoms with Crippen molar-refractivity contribution in [3.05, 3.63) is 11.3 Å². The molecule has 0 spiro atoms.